The molecule has 0 bridgehead atoms. The Kier molecular flexibility index (Phi) is 10.6. The fourth-order valence-corrected chi connectivity index (χ4v) is 5.61. The quantitative estimate of drug-likeness (QED) is 0.161. The lowest BCUT2D eigenvalue weighted by atomic mass is 9.84. The molecule has 39 heavy (non-hydrogen) atoms. The number of allylic oxidation sites excluding steroid dienone is 4. The van der Waals surface area contributed by atoms with Gasteiger partial charge in [0.25, 0.3) is 0 Å². The largest absolute Gasteiger partial charge is 0.206 e. The third-order valence-corrected chi connectivity index (χ3v) is 8.06. The minimum Gasteiger partial charge on any atom is -0.206 e. The van der Waals surface area contributed by atoms with Crippen LogP contribution in [-0.4, -0.2) is 0 Å². The van der Waals surface area contributed by atoms with Crippen molar-refractivity contribution >= 4 is 5.57 Å². The number of hydrogen-bond acceptors (Lipinski definition) is 0. The van der Waals surface area contributed by atoms with E-state index in [1.165, 1.54) is 18.4 Å². The fraction of sp³-hybridized carbons (Fsp3) is 0.389. The van der Waals surface area contributed by atoms with Gasteiger partial charge in [0, 0.05) is 11.1 Å². The van der Waals surface area contributed by atoms with Gasteiger partial charge < -0.3 is 0 Å². The summed E-state index contributed by atoms with van der Waals surface area (Å²) >= 11 is 0. The highest BCUT2D eigenvalue weighted by molar-refractivity contribution is 5.74. The summed E-state index contributed by atoms with van der Waals surface area (Å²) in [6.07, 6.45) is 18.0. The van der Waals surface area contributed by atoms with E-state index < -0.39 is 11.6 Å². The number of aryl methyl sites for hydroxylation is 1. The molecule has 0 amide bonds. The molecule has 0 fully saturated rings. The van der Waals surface area contributed by atoms with E-state index in [0.717, 1.165) is 56.9 Å². The fourth-order valence-electron chi connectivity index (χ4n) is 5.61. The van der Waals surface area contributed by atoms with Crippen molar-refractivity contribution in [2.75, 3.05) is 0 Å². The first kappa shape index (κ1) is 28.9. The van der Waals surface area contributed by atoms with Crippen molar-refractivity contribution in [2.45, 2.75) is 84.5 Å². The zero-order valence-electron chi connectivity index (χ0n) is 23.4. The van der Waals surface area contributed by atoms with Crippen LogP contribution in [0.1, 0.15) is 89.2 Å². The third kappa shape index (κ3) is 7.53. The molecule has 0 saturated carbocycles. The molecule has 0 nitrogen and oxygen atoms in total. The molecule has 1 aliphatic rings. The molecule has 0 radical (unpaired) electrons. The lowest BCUT2D eigenvalue weighted by Gasteiger charge is -2.22. The molecule has 3 heteroatoms. The van der Waals surface area contributed by atoms with Crippen molar-refractivity contribution in [1.29, 1.82) is 0 Å². The van der Waals surface area contributed by atoms with Crippen molar-refractivity contribution in [3.05, 3.63) is 101 Å². The van der Waals surface area contributed by atoms with Gasteiger partial charge in [-0.3, -0.25) is 0 Å². The smallest absolute Gasteiger partial charge is 0.166 e. The molecular formula is C36H41F3. The number of hydrogen-bond donors (Lipinski definition) is 0. The Bertz CT molecular complexity index is 1280. The average molecular weight is 531 g/mol. The zero-order chi connectivity index (χ0) is 27.6. The van der Waals surface area contributed by atoms with Gasteiger partial charge in [-0.25, -0.2) is 13.2 Å². The monoisotopic (exact) mass is 530 g/mol. The molecule has 1 unspecified atom stereocenters. The number of rotatable bonds is 12. The molecule has 0 N–H and O–H groups in total. The minimum absolute atomic E-state index is 0.234. The summed E-state index contributed by atoms with van der Waals surface area (Å²) in [5.41, 5.74) is 4.65. The molecule has 0 spiro atoms. The summed E-state index contributed by atoms with van der Waals surface area (Å²) in [6.45, 7) is 4.21. The van der Waals surface area contributed by atoms with Crippen LogP contribution >= 0.6 is 0 Å². The molecule has 206 valence electrons. The maximum absolute atomic E-state index is 15.2. The zero-order valence-corrected chi connectivity index (χ0v) is 23.4. The van der Waals surface area contributed by atoms with Gasteiger partial charge in [0.05, 0.1) is 0 Å². The second kappa shape index (κ2) is 14.4. The lowest BCUT2D eigenvalue weighted by Crippen LogP contribution is -2.05. The maximum atomic E-state index is 15.2. The predicted molar refractivity (Wildman–Crippen MR) is 159 cm³/mol. The van der Waals surface area contributed by atoms with Crippen molar-refractivity contribution in [3.63, 3.8) is 0 Å². The molecule has 4 rings (SSSR count). The molecule has 0 aromatic heterocycles. The lowest BCUT2D eigenvalue weighted by molar-refractivity contribution is 0.454. The summed E-state index contributed by atoms with van der Waals surface area (Å²) in [5, 5.41) is 0. The van der Waals surface area contributed by atoms with E-state index >= 15 is 4.39 Å². The molecular weight excluding hydrogens is 489 g/mol. The van der Waals surface area contributed by atoms with E-state index in [2.05, 4.69) is 32.1 Å². The van der Waals surface area contributed by atoms with Crippen molar-refractivity contribution < 1.29 is 13.2 Å². The molecule has 1 atom stereocenters. The molecule has 0 saturated heterocycles. The summed E-state index contributed by atoms with van der Waals surface area (Å²) in [7, 11) is 0. The van der Waals surface area contributed by atoms with E-state index in [1.807, 2.05) is 12.1 Å². The Morgan fingerprint density at radius 1 is 0.795 bits per heavy atom. The van der Waals surface area contributed by atoms with Gasteiger partial charge in [-0.15, -0.1) is 0 Å². The highest BCUT2D eigenvalue weighted by Crippen LogP contribution is 2.35. The van der Waals surface area contributed by atoms with Crippen LogP contribution in [0.2, 0.25) is 0 Å². The van der Waals surface area contributed by atoms with E-state index in [1.54, 1.807) is 42.5 Å². The van der Waals surface area contributed by atoms with E-state index in [-0.39, 0.29) is 11.4 Å². The Hall–Kier alpha value is -3.07. The molecule has 0 aliphatic heterocycles. The highest BCUT2D eigenvalue weighted by Gasteiger charge is 2.17. The first-order valence-electron chi connectivity index (χ1n) is 14.7. The third-order valence-electron chi connectivity index (χ3n) is 8.06. The van der Waals surface area contributed by atoms with Crippen LogP contribution in [0.15, 0.2) is 72.8 Å². The van der Waals surface area contributed by atoms with E-state index in [0.29, 0.717) is 34.6 Å². The number of unbranched alkanes of at least 4 members (excludes halogenated alkanes) is 4. The van der Waals surface area contributed by atoms with E-state index in [4.69, 9.17) is 0 Å². The Balaban J connectivity index is 1.43. The van der Waals surface area contributed by atoms with Crippen LogP contribution in [0, 0.1) is 23.4 Å². The van der Waals surface area contributed by atoms with Crippen molar-refractivity contribution in [3.8, 4) is 22.3 Å². The van der Waals surface area contributed by atoms with Gasteiger partial charge in [-0.05, 0) is 91.7 Å². The Morgan fingerprint density at radius 3 is 2.15 bits per heavy atom. The summed E-state index contributed by atoms with van der Waals surface area (Å²) in [4.78, 5) is 0. The van der Waals surface area contributed by atoms with Crippen LogP contribution in [0.3, 0.4) is 0 Å². The second-order valence-electron chi connectivity index (χ2n) is 10.9. The molecule has 3 aromatic carbocycles. The predicted octanol–water partition coefficient (Wildman–Crippen LogP) is 11.5. The molecule has 0 heterocycles. The van der Waals surface area contributed by atoms with Gasteiger partial charge in [-0.2, -0.15) is 0 Å². The van der Waals surface area contributed by atoms with Gasteiger partial charge in [0.1, 0.15) is 5.82 Å². The summed E-state index contributed by atoms with van der Waals surface area (Å²) in [5.74, 6) is -1.13. The van der Waals surface area contributed by atoms with Crippen LogP contribution < -0.4 is 0 Å². The normalized spacial score (nSPS) is 15.6. The number of halogens is 3. The van der Waals surface area contributed by atoms with Gasteiger partial charge >= 0.3 is 0 Å². The highest BCUT2D eigenvalue weighted by atomic mass is 19.2. The van der Waals surface area contributed by atoms with Crippen LogP contribution in [0.4, 0.5) is 13.2 Å². The topological polar surface area (TPSA) is 0 Å². The average Bonchev–Trinajstić information content (AvgIpc) is 2.96. The second-order valence-corrected chi connectivity index (χ2v) is 10.9. The first-order valence-corrected chi connectivity index (χ1v) is 14.7. The maximum Gasteiger partial charge on any atom is 0.166 e. The minimum atomic E-state index is -0.811. The van der Waals surface area contributed by atoms with Crippen LogP contribution in [0.25, 0.3) is 27.8 Å². The number of benzene rings is 3. The van der Waals surface area contributed by atoms with Gasteiger partial charge in [0.2, 0.25) is 0 Å². The molecule has 3 aromatic rings. The van der Waals surface area contributed by atoms with Gasteiger partial charge in [0.15, 0.2) is 11.6 Å². The molecule has 1 aliphatic carbocycles. The van der Waals surface area contributed by atoms with Crippen molar-refractivity contribution in [2.24, 2.45) is 5.92 Å². The van der Waals surface area contributed by atoms with E-state index in [9.17, 15) is 8.78 Å². The summed E-state index contributed by atoms with van der Waals surface area (Å²) < 4.78 is 44.9. The standard InChI is InChI=1S/C36H41F3/c1-3-5-7-8-10-12-30-21-24-33(36(39)35(30)38)29-19-17-28(18-20-29)32-23-22-31(25-34(32)37)27-15-13-26(14-16-27)11-9-6-4-2/h4,6,15,17-26H,3,5,7-14,16H2,1-2H3. The first-order chi connectivity index (χ1) is 19.0. The van der Waals surface area contributed by atoms with Crippen molar-refractivity contribution in [1.82, 2.24) is 0 Å². The summed E-state index contributed by atoms with van der Waals surface area (Å²) in [6, 6.07) is 15.8. The van der Waals surface area contributed by atoms with Crippen LogP contribution in [0.5, 0.6) is 0 Å². The van der Waals surface area contributed by atoms with Gasteiger partial charge in [-0.1, -0.05) is 99.4 Å². The van der Waals surface area contributed by atoms with Crippen LogP contribution in [-0.2, 0) is 6.42 Å². The Labute approximate surface area is 232 Å². The SMILES string of the molecule is CC=CCCC1CC=C(c2ccc(-c3ccc(-c4ccc(CCCCCCC)c(F)c4F)cc3)c(F)c2)CC1. The Morgan fingerprint density at radius 2 is 1.49 bits per heavy atom.